The van der Waals surface area contributed by atoms with Gasteiger partial charge in [0.05, 0.1) is 0 Å². The second kappa shape index (κ2) is 7.09. The number of amides is 1. The zero-order valence-corrected chi connectivity index (χ0v) is 10.1. The second-order valence-electron chi connectivity index (χ2n) is 3.57. The van der Waals surface area contributed by atoms with E-state index in [9.17, 15) is 4.79 Å². The van der Waals surface area contributed by atoms with E-state index in [1.54, 1.807) is 4.90 Å². The molecule has 1 amide bonds. The number of carbonyl (C=O) groups is 1. The van der Waals surface area contributed by atoms with Crippen LogP contribution in [0.15, 0.2) is 4.99 Å². The number of nitrogens with zero attached hydrogens (tertiary/aromatic N) is 2. The molecule has 88 valence electrons. The molecule has 0 rings (SSSR count). The summed E-state index contributed by atoms with van der Waals surface area (Å²) >= 11 is 0. The Morgan fingerprint density at radius 1 is 1.40 bits per heavy atom. The van der Waals surface area contributed by atoms with Crippen molar-refractivity contribution >= 4 is 11.9 Å². The van der Waals surface area contributed by atoms with Crippen molar-refractivity contribution in [2.45, 2.75) is 33.7 Å². The van der Waals surface area contributed by atoms with Crippen LogP contribution in [0, 0.1) is 0 Å². The van der Waals surface area contributed by atoms with Crippen LogP contribution >= 0.6 is 0 Å². The van der Waals surface area contributed by atoms with E-state index in [2.05, 4.69) is 10.3 Å². The number of hydrogen-bond donors (Lipinski definition) is 2. The largest absolute Gasteiger partial charge is 0.370 e. The number of nitrogens with one attached hydrogen (secondary N) is 1. The van der Waals surface area contributed by atoms with Gasteiger partial charge in [-0.1, -0.05) is 0 Å². The van der Waals surface area contributed by atoms with Gasteiger partial charge in [-0.2, -0.15) is 0 Å². The summed E-state index contributed by atoms with van der Waals surface area (Å²) in [6.45, 7) is 9.36. The number of nitrogens with two attached hydrogens (primary N) is 1. The number of guanidine groups is 1. The normalized spacial score (nSPS) is 11.7. The Morgan fingerprint density at radius 2 is 1.93 bits per heavy atom. The number of rotatable bonds is 5. The van der Waals surface area contributed by atoms with Crippen LogP contribution in [-0.2, 0) is 4.79 Å². The summed E-state index contributed by atoms with van der Waals surface area (Å²) in [5.74, 6) is 0.332. The molecule has 0 aromatic heterocycles. The fraction of sp³-hybridized carbons (Fsp3) is 0.800. The number of hydrogen-bond acceptors (Lipinski definition) is 2. The highest BCUT2D eigenvalue weighted by Gasteiger charge is 2.08. The van der Waals surface area contributed by atoms with Crippen LogP contribution < -0.4 is 11.1 Å². The van der Waals surface area contributed by atoms with Gasteiger partial charge in [-0.3, -0.25) is 4.79 Å². The maximum Gasteiger partial charge on any atom is 0.244 e. The maximum atomic E-state index is 11.5. The first kappa shape index (κ1) is 13.7. The summed E-state index contributed by atoms with van der Waals surface area (Å²) in [6, 6.07) is 0.234. The molecule has 0 aromatic carbocycles. The summed E-state index contributed by atoms with van der Waals surface area (Å²) in [4.78, 5) is 17.2. The van der Waals surface area contributed by atoms with Crippen molar-refractivity contribution in [2.75, 3.05) is 19.6 Å². The smallest absolute Gasteiger partial charge is 0.244 e. The lowest BCUT2D eigenvalue weighted by atomic mass is 10.4. The van der Waals surface area contributed by atoms with E-state index in [-0.39, 0.29) is 18.5 Å². The first-order chi connectivity index (χ1) is 7.01. The summed E-state index contributed by atoms with van der Waals surface area (Å²) < 4.78 is 0. The van der Waals surface area contributed by atoms with Gasteiger partial charge < -0.3 is 16.0 Å². The third-order valence-corrected chi connectivity index (χ3v) is 1.94. The predicted molar refractivity (Wildman–Crippen MR) is 62.7 cm³/mol. The van der Waals surface area contributed by atoms with Crippen LogP contribution in [0.2, 0.25) is 0 Å². The molecule has 0 aromatic rings. The van der Waals surface area contributed by atoms with E-state index in [1.165, 1.54) is 0 Å². The van der Waals surface area contributed by atoms with Gasteiger partial charge in [0, 0.05) is 19.1 Å². The number of carbonyl (C=O) groups excluding carboxylic acids is 1. The van der Waals surface area contributed by atoms with Crippen molar-refractivity contribution in [1.29, 1.82) is 0 Å². The molecule has 0 saturated heterocycles. The number of likely N-dealkylation sites (N-methyl/N-ethyl adjacent to an activating group) is 1. The average molecular weight is 214 g/mol. The van der Waals surface area contributed by atoms with Crippen molar-refractivity contribution in [3.8, 4) is 0 Å². The van der Waals surface area contributed by atoms with Gasteiger partial charge in [0.2, 0.25) is 5.91 Å². The molecule has 0 aliphatic heterocycles. The lowest BCUT2D eigenvalue weighted by Gasteiger charge is -2.17. The molecule has 0 radical (unpaired) electrons. The molecule has 5 heteroatoms. The van der Waals surface area contributed by atoms with E-state index in [4.69, 9.17) is 5.73 Å². The third-order valence-electron chi connectivity index (χ3n) is 1.94. The first-order valence-electron chi connectivity index (χ1n) is 5.35. The fourth-order valence-electron chi connectivity index (χ4n) is 1.17. The Bertz CT molecular complexity index is 221. The minimum Gasteiger partial charge on any atom is -0.370 e. The van der Waals surface area contributed by atoms with Gasteiger partial charge in [0.1, 0.15) is 6.54 Å². The molecule has 0 spiro atoms. The highest BCUT2D eigenvalue weighted by atomic mass is 16.2. The lowest BCUT2D eigenvalue weighted by Crippen LogP contribution is -2.38. The van der Waals surface area contributed by atoms with Crippen molar-refractivity contribution in [3.05, 3.63) is 0 Å². The summed E-state index contributed by atoms with van der Waals surface area (Å²) in [7, 11) is 0. The Labute approximate surface area is 91.7 Å². The van der Waals surface area contributed by atoms with Crippen molar-refractivity contribution in [1.82, 2.24) is 10.2 Å². The van der Waals surface area contributed by atoms with Gasteiger partial charge in [0.25, 0.3) is 0 Å². The fourth-order valence-corrected chi connectivity index (χ4v) is 1.17. The summed E-state index contributed by atoms with van der Waals surface area (Å²) in [5, 5.41) is 2.93. The zero-order valence-electron chi connectivity index (χ0n) is 10.1. The second-order valence-corrected chi connectivity index (χ2v) is 3.57. The quantitative estimate of drug-likeness (QED) is 0.506. The molecule has 0 atom stereocenters. The van der Waals surface area contributed by atoms with Gasteiger partial charge in [-0.25, -0.2) is 4.99 Å². The Hall–Kier alpha value is -1.26. The molecule has 0 aliphatic carbocycles. The molecule has 5 nitrogen and oxygen atoms in total. The van der Waals surface area contributed by atoms with E-state index in [0.29, 0.717) is 19.0 Å². The molecule has 0 bridgehead atoms. The Morgan fingerprint density at radius 3 is 2.33 bits per heavy atom. The standard InChI is InChI=1S/C10H22N4O/c1-5-14(6-2)9(15)7-12-10(11)13-8(3)4/h8H,5-7H2,1-4H3,(H3,11,12,13). The molecule has 0 fully saturated rings. The van der Waals surface area contributed by atoms with Crippen LogP contribution in [0.4, 0.5) is 0 Å². The summed E-state index contributed by atoms with van der Waals surface area (Å²) in [5.41, 5.74) is 5.57. The Balaban J connectivity index is 4.07. The minimum absolute atomic E-state index is 0.00788. The van der Waals surface area contributed by atoms with Crippen molar-refractivity contribution < 1.29 is 4.79 Å². The molecular formula is C10H22N4O. The van der Waals surface area contributed by atoms with Crippen LogP contribution in [-0.4, -0.2) is 42.4 Å². The topological polar surface area (TPSA) is 70.7 Å². The minimum atomic E-state index is 0.00788. The van der Waals surface area contributed by atoms with E-state index >= 15 is 0 Å². The van der Waals surface area contributed by atoms with Crippen LogP contribution in [0.1, 0.15) is 27.7 Å². The molecule has 15 heavy (non-hydrogen) atoms. The summed E-state index contributed by atoms with van der Waals surface area (Å²) in [6.07, 6.45) is 0. The lowest BCUT2D eigenvalue weighted by molar-refractivity contribution is -0.129. The highest BCUT2D eigenvalue weighted by molar-refractivity contribution is 5.84. The SMILES string of the molecule is CCN(CC)C(=O)CN=C(N)NC(C)C. The van der Waals surface area contributed by atoms with Crippen LogP contribution in [0.3, 0.4) is 0 Å². The molecule has 0 heterocycles. The predicted octanol–water partition coefficient (Wildman–Crippen LogP) is 0.168. The molecular weight excluding hydrogens is 192 g/mol. The van der Waals surface area contributed by atoms with E-state index < -0.39 is 0 Å². The van der Waals surface area contributed by atoms with Crippen LogP contribution in [0.5, 0.6) is 0 Å². The zero-order chi connectivity index (χ0) is 11.8. The molecule has 3 N–H and O–H groups in total. The van der Waals surface area contributed by atoms with E-state index in [1.807, 2.05) is 27.7 Å². The van der Waals surface area contributed by atoms with Gasteiger partial charge in [-0.05, 0) is 27.7 Å². The van der Waals surface area contributed by atoms with Gasteiger partial charge in [-0.15, -0.1) is 0 Å². The maximum absolute atomic E-state index is 11.5. The van der Waals surface area contributed by atoms with Gasteiger partial charge in [0.15, 0.2) is 5.96 Å². The Kier molecular flexibility index (Phi) is 6.49. The van der Waals surface area contributed by atoms with Gasteiger partial charge >= 0.3 is 0 Å². The van der Waals surface area contributed by atoms with Crippen molar-refractivity contribution in [2.24, 2.45) is 10.7 Å². The van der Waals surface area contributed by atoms with E-state index in [0.717, 1.165) is 0 Å². The third kappa shape index (κ3) is 5.93. The monoisotopic (exact) mass is 214 g/mol. The first-order valence-corrected chi connectivity index (χ1v) is 5.35. The highest BCUT2D eigenvalue weighted by Crippen LogP contribution is 1.89. The molecule has 0 aliphatic rings. The van der Waals surface area contributed by atoms with Crippen molar-refractivity contribution in [3.63, 3.8) is 0 Å². The molecule has 0 unspecified atom stereocenters. The number of aliphatic imine (C=N–C) groups is 1. The van der Waals surface area contributed by atoms with Crippen LogP contribution in [0.25, 0.3) is 0 Å². The average Bonchev–Trinajstić information content (AvgIpc) is 2.15. The molecule has 0 saturated carbocycles.